The molecule has 0 spiro atoms. The quantitative estimate of drug-likeness (QED) is 0.876. The third kappa shape index (κ3) is 4.42. The number of urea groups is 1. The van der Waals surface area contributed by atoms with Gasteiger partial charge in [-0.15, -0.1) is 0 Å². The van der Waals surface area contributed by atoms with Gasteiger partial charge in [-0.3, -0.25) is 9.78 Å². The molecule has 0 saturated carbocycles. The van der Waals surface area contributed by atoms with Crippen molar-refractivity contribution in [2.45, 2.75) is 25.8 Å². The van der Waals surface area contributed by atoms with Crippen molar-refractivity contribution < 1.29 is 14.1 Å². The molecule has 0 unspecified atom stereocenters. The van der Waals surface area contributed by atoms with Crippen LogP contribution in [0.4, 0.5) is 4.79 Å². The molecule has 0 radical (unpaired) electrons. The second-order valence-corrected chi connectivity index (χ2v) is 6.86. The van der Waals surface area contributed by atoms with E-state index in [0.717, 1.165) is 5.56 Å². The van der Waals surface area contributed by atoms with Gasteiger partial charge in [0.15, 0.2) is 0 Å². The summed E-state index contributed by atoms with van der Waals surface area (Å²) in [5.74, 6) is 0.642. The van der Waals surface area contributed by atoms with Crippen LogP contribution >= 0.6 is 0 Å². The number of piperidine rings is 1. The predicted molar refractivity (Wildman–Crippen MR) is 97.5 cm³/mol. The van der Waals surface area contributed by atoms with Crippen molar-refractivity contribution in [2.24, 2.45) is 5.92 Å². The zero-order valence-corrected chi connectivity index (χ0v) is 15.8. The SMILES string of the molecule is C[C@H](NC(=O)C1CCN(C(=O)N(C)C)CC1)c1nc(-c2ccncc2)no1. The fourth-order valence-corrected chi connectivity index (χ4v) is 3.04. The molecular formula is C18H24N6O3. The summed E-state index contributed by atoms with van der Waals surface area (Å²) in [6.45, 7) is 2.97. The number of amides is 3. The van der Waals surface area contributed by atoms with Crippen LogP contribution in [0.15, 0.2) is 29.0 Å². The second-order valence-electron chi connectivity index (χ2n) is 6.86. The van der Waals surface area contributed by atoms with Gasteiger partial charge in [-0.05, 0) is 31.9 Å². The van der Waals surface area contributed by atoms with Crippen LogP contribution in [0.2, 0.25) is 0 Å². The average molecular weight is 372 g/mol. The Morgan fingerprint density at radius 1 is 1.26 bits per heavy atom. The van der Waals surface area contributed by atoms with Gasteiger partial charge in [0, 0.05) is 51.1 Å². The van der Waals surface area contributed by atoms with E-state index in [1.54, 1.807) is 48.4 Å². The molecule has 3 heterocycles. The van der Waals surface area contributed by atoms with Crippen LogP contribution < -0.4 is 5.32 Å². The summed E-state index contributed by atoms with van der Waals surface area (Å²) in [6, 6.07) is 3.18. The topological polar surface area (TPSA) is 104 Å². The van der Waals surface area contributed by atoms with Crippen LogP contribution in [-0.4, -0.2) is 64.0 Å². The highest BCUT2D eigenvalue weighted by Gasteiger charge is 2.29. The number of pyridine rings is 1. The van der Waals surface area contributed by atoms with E-state index in [1.165, 1.54) is 0 Å². The van der Waals surface area contributed by atoms with Crippen LogP contribution in [0.3, 0.4) is 0 Å². The predicted octanol–water partition coefficient (Wildman–Crippen LogP) is 1.70. The van der Waals surface area contributed by atoms with Gasteiger partial charge in [0.05, 0.1) is 0 Å². The standard InChI is InChI=1S/C18H24N6O3/c1-12(17-21-15(22-27-17)13-4-8-19-9-5-13)20-16(25)14-6-10-24(11-7-14)18(26)23(2)3/h4-5,8-9,12,14H,6-7,10-11H2,1-3H3,(H,20,25)/t12-/m0/s1. The first-order chi connectivity index (χ1) is 13.0. The summed E-state index contributed by atoms with van der Waals surface area (Å²) in [6.07, 6.45) is 4.60. The van der Waals surface area contributed by atoms with Gasteiger partial charge in [0.2, 0.25) is 17.6 Å². The normalized spacial score (nSPS) is 16.0. The van der Waals surface area contributed by atoms with E-state index >= 15 is 0 Å². The minimum Gasteiger partial charge on any atom is -0.344 e. The van der Waals surface area contributed by atoms with Gasteiger partial charge >= 0.3 is 6.03 Å². The molecule has 1 fully saturated rings. The first-order valence-electron chi connectivity index (χ1n) is 8.96. The zero-order chi connectivity index (χ0) is 19.4. The molecule has 0 aliphatic carbocycles. The third-order valence-corrected chi connectivity index (χ3v) is 4.63. The van der Waals surface area contributed by atoms with E-state index in [0.29, 0.717) is 37.6 Å². The van der Waals surface area contributed by atoms with Gasteiger partial charge in [0.1, 0.15) is 6.04 Å². The molecule has 0 bridgehead atoms. The number of nitrogens with zero attached hydrogens (tertiary/aromatic N) is 5. The lowest BCUT2D eigenvalue weighted by Crippen LogP contribution is -2.46. The van der Waals surface area contributed by atoms with Crippen molar-refractivity contribution in [1.29, 1.82) is 0 Å². The molecule has 2 aromatic rings. The molecule has 27 heavy (non-hydrogen) atoms. The van der Waals surface area contributed by atoms with Gasteiger partial charge < -0.3 is 19.6 Å². The Morgan fingerprint density at radius 2 is 1.93 bits per heavy atom. The highest BCUT2D eigenvalue weighted by molar-refractivity contribution is 5.80. The molecule has 1 atom stereocenters. The first-order valence-corrected chi connectivity index (χ1v) is 8.96. The maximum absolute atomic E-state index is 12.5. The number of aromatic nitrogens is 3. The highest BCUT2D eigenvalue weighted by atomic mass is 16.5. The minimum absolute atomic E-state index is 0.0169. The fourth-order valence-electron chi connectivity index (χ4n) is 3.04. The Hall–Kier alpha value is -2.97. The molecule has 1 aliphatic rings. The fraction of sp³-hybridized carbons (Fsp3) is 0.500. The molecule has 9 heteroatoms. The van der Waals surface area contributed by atoms with E-state index in [2.05, 4.69) is 20.4 Å². The minimum atomic E-state index is -0.387. The number of rotatable bonds is 4. The molecule has 1 N–H and O–H groups in total. The Balaban J connectivity index is 1.54. The van der Waals surface area contributed by atoms with Crippen molar-refractivity contribution in [3.63, 3.8) is 0 Å². The van der Waals surface area contributed by atoms with E-state index in [9.17, 15) is 9.59 Å². The van der Waals surface area contributed by atoms with Crippen LogP contribution in [-0.2, 0) is 4.79 Å². The van der Waals surface area contributed by atoms with Crippen LogP contribution in [0.5, 0.6) is 0 Å². The summed E-state index contributed by atoms with van der Waals surface area (Å²) < 4.78 is 5.29. The lowest BCUT2D eigenvalue weighted by molar-refractivity contribution is -0.127. The third-order valence-electron chi connectivity index (χ3n) is 4.63. The van der Waals surface area contributed by atoms with Gasteiger partial charge in [-0.2, -0.15) is 4.98 Å². The molecule has 9 nitrogen and oxygen atoms in total. The number of carbonyl (C=O) groups is 2. The lowest BCUT2D eigenvalue weighted by atomic mass is 9.96. The molecule has 0 aromatic carbocycles. The number of hydrogen-bond donors (Lipinski definition) is 1. The number of likely N-dealkylation sites (tertiary alicyclic amines) is 1. The molecule has 3 rings (SSSR count). The Bertz CT molecular complexity index is 783. The van der Waals surface area contributed by atoms with E-state index in [-0.39, 0.29) is 23.9 Å². The molecule has 1 saturated heterocycles. The molecule has 2 aromatic heterocycles. The summed E-state index contributed by atoms with van der Waals surface area (Å²) in [5.41, 5.74) is 0.802. The van der Waals surface area contributed by atoms with E-state index < -0.39 is 0 Å². The van der Waals surface area contributed by atoms with E-state index in [1.807, 2.05) is 6.92 Å². The molecular weight excluding hydrogens is 348 g/mol. The first kappa shape index (κ1) is 18.8. The van der Waals surface area contributed by atoms with Crippen molar-refractivity contribution >= 4 is 11.9 Å². The van der Waals surface area contributed by atoms with Gasteiger partial charge in [0.25, 0.3) is 0 Å². The lowest BCUT2D eigenvalue weighted by Gasteiger charge is -2.33. The number of hydrogen-bond acceptors (Lipinski definition) is 6. The van der Waals surface area contributed by atoms with Crippen LogP contribution in [0, 0.1) is 5.92 Å². The molecule has 1 aliphatic heterocycles. The summed E-state index contributed by atoms with van der Waals surface area (Å²) in [7, 11) is 3.46. The largest absolute Gasteiger partial charge is 0.344 e. The Morgan fingerprint density at radius 3 is 2.56 bits per heavy atom. The summed E-state index contributed by atoms with van der Waals surface area (Å²) >= 11 is 0. The summed E-state index contributed by atoms with van der Waals surface area (Å²) in [4.78, 5) is 36.2. The average Bonchev–Trinajstić information content (AvgIpc) is 3.18. The maximum atomic E-state index is 12.5. The van der Waals surface area contributed by atoms with Crippen molar-refractivity contribution in [2.75, 3.05) is 27.2 Å². The second kappa shape index (κ2) is 8.15. The Labute approximate surface area is 157 Å². The van der Waals surface area contributed by atoms with Crippen molar-refractivity contribution in [1.82, 2.24) is 30.2 Å². The van der Waals surface area contributed by atoms with Crippen molar-refractivity contribution in [3.05, 3.63) is 30.4 Å². The van der Waals surface area contributed by atoms with E-state index in [4.69, 9.17) is 4.52 Å². The van der Waals surface area contributed by atoms with Gasteiger partial charge in [-0.1, -0.05) is 5.16 Å². The number of carbonyl (C=O) groups excluding carboxylic acids is 2. The highest BCUT2D eigenvalue weighted by Crippen LogP contribution is 2.21. The molecule has 3 amide bonds. The number of nitrogens with one attached hydrogen (secondary N) is 1. The maximum Gasteiger partial charge on any atom is 0.319 e. The van der Waals surface area contributed by atoms with Crippen LogP contribution in [0.25, 0.3) is 11.4 Å². The zero-order valence-electron chi connectivity index (χ0n) is 15.8. The Kier molecular flexibility index (Phi) is 5.68. The smallest absolute Gasteiger partial charge is 0.319 e. The van der Waals surface area contributed by atoms with Crippen molar-refractivity contribution in [3.8, 4) is 11.4 Å². The van der Waals surface area contributed by atoms with Gasteiger partial charge in [-0.25, -0.2) is 4.79 Å². The van der Waals surface area contributed by atoms with Crippen LogP contribution in [0.1, 0.15) is 31.7 Å². The summed E-state index contributed by atoms with van der Waals surface area (Å²) in [5, 5.41) is 6.90. The monoisotopic (exact) mass is 372 g/mol. The molecule has 144 valence electrons.